The first-order valence-corrected chi connectivity index (χ1v) is 7.91. The molecule has 2 atom stereocenters. The fourth-order valence-electron chi connectivity index (χ4n) is 3.16. The SMILES string of the molecule is CN1CC(C(=O)NC2CCN(Cc3ccccc3)C2=O)CC1=O. The summed E-state index contributed by atoms with van der Waals surface area (Å²) >= 11 is 0. The second kappa shape index (κ2) is 6.40. The molecule has 2 fully saturated rings. The van der Waals surface area contributed by atoms with Crippen LogP contribution in [0.25, 0.3) is 0 Å². The molecule has 0 spiro atoms. The lowest BCUT2D eigenvalue weighted by molar-refractivity contribution is -0.134. The summed E-state index contributed by atoms with van der Waals surface area (Å²) in [5, 5.41) is 2.82. The van der Waals surface area contributed by atoms with Crippen molar-refractivity contribution in [3.63, 3.8) is 0 Å². The topological polar surface area (TPSA) is 69.7 Å². The van der Waals surface area contributed by atoms with Gasteiger partial charge in [-0.05, 0) is 12.0 Å². The number of likely N-dealkylation sites (tertiary alicyclic amines) is 2. The first-order valence-electron chi connectivity index (χ1n) is 7.91. The van der Waals surface area contributed by atoms with E-state index in [1.807, 2.05) is 30.3 Å². The second-order valence-corrected chi connectivity index (χ2v) is 6.27. The maximum atomic E-state index is 12.4. The molecule has 2 heterocycles. The van der Waals surface area contributed by atoms with Crippen LogP contribution in [-0.2, 0) is 20.9 Å². The van der Waals surface area contributed by atoms with Crippen LogP contribution in [0.2, 0.25) is 0 Å². The molecule has 1 N–H and O–H groups in total. The van der Waals surface area contributed by atoms with Crippen LogP contribution < -0.4 is 5.32 Å². The fourth-order valence-corrected chi connectivity index (χ4v) is 3.16. The van der Waals surface area contributed by atoms with Gasteiger partial charge in [0, 0.05) is 33.1 Å². The lowest BCUT2D eigenvalue weighted by Crippen LogP contribution is -2.44. The van der Waals surface area contributed by atoms with E-state index >= 15 is 0 Å². The quantitative estimate of drug-likeness (QED) is 0.873. The molecule has 2 aliphatic heterocycles. The first kappa shape index (κ1) is 15.5. The monoisotopic (exact) mass is 315 g/mol. The van der Waals surface area contributed by atoms with Crippen molar-refractivity contribution >= 4 is 17.7 Å². The van der Waals surface area contributed by atoms with Gasteiger partial charge in [-0.3, -0.25) is 14.4 Å². The number of rotatable bonds is 4. The van der Waals surface area contributed by atoms with Gasteiger partial charge < -0.3 is 15.1 Å². The van der Waals surface area contributed by atoms with Crippen molar-refractivity contribution in [2.75, 3.05) is 20.1 Å². The number of carbonyl (C=O) groups excluding carboxylic acids is 3. The van der Waals surface area contributed by atoms with E-state index in [4.69, 9.17) is 0 Å². The van der Waals surface area contributed by atoms with Gasteiger partial charge in [0.25, 0.3) is 0 Å². The highest BCUT2D eigenvalue weighted by molar-refractivity contribution is 5.93. The average molecular weight is 315 g/mol. The molecule has 1 aromatic carbocycles. The summed E-state index contributed by atoms with van der Waals surface area (Å²) in [4.78, 5) is 39.5. The molecule has 0 aromatic heterocycles. The van der Waals surface area contributed by atoms with Gasteiger partial charge in [-0.2, -0.15) is 0 Å². The number of nitrogens with one attached hydrogen (secondary N) is 1. The van der Waals surface area contributed by atoms with Crippen LogP contribution in [0.3, 0.4) is 0 Å². The van der Waals surface area contributed by atoms with Gasteiger partial charge in [-0.25, -0.2) is 0 Å². The number of carbonyl (C=O) groups is 3. The summed E-state index contributed by atoms with van der Waals surface area (Å²) in [7, 11) is 1.69. The fraction of sp³-hybridized carbons (Fsp3) is 0.471. The van der Waals surface area contributed by atoms with Crippen LogP contribution >= 0.6 is 0 Å². The van der Waals surface area contributed by atoms with Gasteiger partial charge in [0.15, 0.2) is 0 Å². The predicted molar refractivity (Wildman–Crippen MR) is 84.2 cm³/mol. The summed E-state index contributed by atoms with van der Waals surface area (Å²) < 4.78 is 0. The third-order valence-electron chi connectivity index (χ3n) is 4.54. The zero-order valence-corrected chi connectivity index (χ0v) is 13.2. The van der Waals surface area contributed by atoms with E-state index in [-0.39, 0.29) is 30.1 Å². The minimum atomic E-state index is -0.466. The minimum absolute atomic E-state index is 0.0198. The van der Waals surface area contributed by atoms with Crippen molar-refractivity contribution in [3.05, 3.63) is 35.9 Å². The van der Waals surface area contributed by atoms with E-state index in [9.17, 15) is 14.4 Å². The molecule has 6 nitrogen and oxygen atoms in total. The standard InChI is InChI=1S/C17H21N3O3/c1-19-11-13(9-15(19)21)16(22)18-14-7-8-20(17(14)23)10-12-5-3-2-4-6-12/h2-6,13-14H,7-11H2,1H3,(H,18,22). The Labute approximate surface area is 135 Å². The van der Waals surface area contributed by atoms with E-state index in [0.717, 1.165) is 5.56 Å². The Balaban J connectivity index is 1.55. The molecule has 3 amide bonds. The molecular formula is C17H21N3O3. The predicted octanol–water partition coefficient (Wildman–Crippen LogP) is 0.382. The smallest absolute Gasteiger partial charge is 0.245 e. The summed E-state index contributed by atoms with van der Waals surface area (Å²) in [6, 6.07) is 9.34. The number of benzene rings is 1. The third kappa shape index (κ3) is 3.36. The second-order valence-electron chi connectivity index (χ2n) is 6.27. The lowest BCUT2D eigenvalue weighted by atomic mass is 10.1. The Morgan fingerprint density at radius 2 is 2.00 bits per heavy atom. The average Bonchev–Trinajstić information content (AvgIpc) is 3.05. The van der Waals surface area contributed by atoms with Crippen LogP contribution in [-0.4, -0.2) is 53.7 Å². The zero-order chi connectivity index (χ0) is 16.4. The highest BCUT2D eigenvalue weighted by Gasteiger charge is 2.37. The molecular weight excluding hydrogens is 294 g/mol. The molecule has 0 aliphatic carbocycles. The Kier molecular flexibility index (Phi) is 4.32. The number of nitrogens with zero attached hydrogens (tertiary/aromatic N) is 2. The van der Waals surface area contributed by atoms with Crippen molar-refractivity contribution in [1.82, 2.24) is 15.1 Å². The van der Waals surface area contributed by atoms with Crippen molar-refractivity contribution in [2.45, 2.75) is 25.4 Å². The minimum Gasteiger partial charge on any atom is -0.345 e. The molecule has 0 saturated carbocycles. The maximum absolute atomic E-state index is 12.4. The van der Waals surface area contributed by atoms with Gasteiger partial charge in [0.05, 0.1) is 5.92 Å². The number of amides is 3. The summed E-state index contributed by atoms with van der Waals surface area (Å²) in [5.41, 5.74) is 1.08. The Morgan fingerprint density at radius 3 is 2.65 bits per heavy atom. The highest BCUT2D eigenvalue weighted by atomic mass is 16.2. The Hall–Kier alpha value is -2.37. The van der Waals surface area contributed by atoms with E-state index in [1.54, 1.807) is 16.8 Å². The number of hydrogen-bond donors (Lipinski definition) is 1. The first-order chi connectivity index (χ1) is 11.0. The molecule has 6 heteroatoms. The summed E-state index contributed by atoms with van der Waals surface area (Å²) in [6.07, 6.45) is 0.852. The van der Waals surface area contributed by atoms with Crippen LogP contribution in [0, 0.1) is 5.92 Å². The van der Waals surface area contributed by atoms with Gasteiger partial charge in [-0.15, -0.1) is 0 Å². The van der Waals surface area contributed by atoms with Crippen LogP contribution in [0.1, 0.15) is 18.4 Å². The van der Waals surface area contributed by atoms with Crippen LogP contribution in [0.15, 0.2) is 30.3 Å². The van der Waals surface area contributed by atoms with Gasteiger partial charge in [0.1, 0.15) is 6.04 Å². The Morgan fingerprint density at radius 1 is 1.26 bits per heavy atom. The molecule has 3 rings (SSSR count). The Bertz CT molecular complexity index is 617. The van der Waals surface area contributed by atoms with Crippen molar-refractivity contribution in [3.8, 4) is 0 Å². The molecule has 2 unspecified atom stereocenters. The lowest BCUT2D eigenvalue weighted by Gasteiger charge is -2.18. The van der Waals surface area contributed by atoms with Gasteiger partial charge in [-0.1, -0.05) is 30.3 Å². The number of hydrogen-bond acceptors (Lipinski definition) is 3. The summed E-state index contributed by atoms with van der Waals surface area (Å²) in [6.45, 7) is 1.64. The molecule has 122 valence electrons. The molecule has 23 heavy (non-hydrogen) atoms. The molecule has 0 bridgehead atoms. The van der Waals surface area contributed by atoms with Crippen molar-refractivity contribution in [1.29, 1.82) is 0 Å². The van der Waals surface area contributed by atoms with E-state index < -0.39 is 6.04 Å². The molecule has 1 aromatic rings. The van der Waals surface area contributed by atoms with Gasteiger partial charge in [0.2, 0.25) is 17.7 Å². The van der Waals surface area contributed by atoms with Crippen molar-refractivity contribution in [2.24, 2.45) is 5.92 Å². The van der Waals surface area contributed by atoms with Crippen LogP contribution in [0.4, 0.5) is 0 Å². The van der Waals surface area contributed by atoms with Crippen LogP contribution in [0.5, 0.6) is 0 Å². The highest BCUT2D eigenvalue weighted by Crippen LogP contribution is 2.19. The maximum Gasteiger partial charge on any atom is 0.245 e. The molecule has 0 radical (unpaired) electrons. The van der Waals surface area contributed by atoms with Crippen molar-refractivity contribution < 1.29 is 14.4 Å². The zero-order valence-electron chi connectivity index (χ0n) is 13.2. The van der Waals surface area contributed by atoms with E-state index in [1.165, 1.54) is 0 Å². The normalized spacial score (nSPS) is 24.4. The molecule has 2 saturated heterocycles. The third-order valence-corrected chi connectivity index (χ3v) is 4.54. The largest absolute Gasteiger partial charge is 0.345 e. The van der Waals surface area contributed by atoms with E-state index in [2.05, 4.69) is 5.32 Å². The van der Waals surface area contributed by atoms with Gasteiger partial charge >= 0.3 is 0 Å². The summed E-state index contributed by atoms with van der Waals surface area (Å²) in [5.74, 6) is -0.598. The molecule has 2 aliphatic rings. The van der Waals surface area contributed by atoms with E-state index in [0.29, 0.717) is 26.1 Å².